The number of hydrogen-bond donors (Lipinski definition) is 0. The van der Waals surface area contributed by atoms with Crippen LogP contribution in [0.3, 0.4) is 0 Å². The Kier molecular flexibility index (Phi) is 4.33. The van der Waals surface area contributed by atoms with E-state index in [1.165, 1.54) is 37.7 Å². The highest BCUT2D eigenvalue weighted by atomic mass is 19.1. The van der Waals surface area contributed by atoms with Crippen LogP contribution in [0.25, 0.3) is 10.8 Å². The van der Waals surface area contributed by atoms with Gasteiger partial charge in [-0.05, 0) is 31.2 Å². The monoisotopic (exact) mass is 327 g/mol. The fraction of sp³-hybridized carbons (Fsp3) is 0.176. The number of ether oxygens (including phenoxy) is 2. The van der Waals surface area contributed by atoms with Crippen molar-refractivity contribution in [3.8, 4) is 6.01 Å². The second-order valence-electron chi connectivity index (χ2n) is 5.08. The minimum absolute atomic E-state index is 0.0440. The van der Waals surface area contributed by atoms with Crippen LogP contribution in [0.5, 0.6) is 6.01 Å². The Hall–Kier alpha value is -3.09. The summed E-state index contributed by atoms with van der Waals surface area (Å²) in [6, 6.07) is 6.03. The molecule has 122 valence electrons. The molecule has 0 saturated carbocycles. The van der Waals surface area contributed by atoms with Gasteiger partial charge in [-0.25, -0.2) is 14.2 Å². The zero-order valence-electron chi connectivity index (χ0n) is 13.1. The number of hydrogen-bond acceptors (Lipinski definition) is 6. The molecular formula is C17H14FN3O3. The lowest BCUT2D eigenvalue weighted by Crippen LogP contribution is -2.08. The molecule has 0 aliphatic carbocycles. The van der Waals surface area contributed by atoms with Gasteiger partial charge in [-0.3, -0.25) is 4.98 Å². The van der Waals surface area contributed by atoms with Crippen molar-refractivity contribution in [3.05, 3.63) is 59.4 Å². The molecule has 1 aromatic carbocycles. The van der Waals surface area contributed by atoms with E-state index in [1.54, 1.807) is 13.0 Å². The number of nitrogens with zero attached hydrogens (tertiary/aromatic N) is 3. The minimum Gasteiger partial charge on any atom is -0.467 e. The number of methoxy groups -OCH3 is 1. The van der Waals surface area contributed by atoms with Crippen molar-refractivity contribution >= 4 is 16.7 Å². The molecule has 0 aliphatic heterocycles. The van der Waals surface area contributed by atoms with Gasteiger partial charge in [-0.15, -0.1) is 0 Å². The highest BCUT2D eigenvalue weighted by molar-refractivity contribution is 6.04. The van der Waals surface area contributed by atoms with Crippen molar-refractivity contribution < 1.29 is 18.7 Å². The smallest absolute Gasteiger partial charge is 0.339 e. The third-order valence-corrected chi connectivity index (χ3v) is 3.41. The molecule has 0 radical (unpaired) electrons. The van der Waals surface area contributed by atoms with Gasteiger partial charge < -0.3 is 9.47 Å². The summed E-state index contributed by atoms with van der Waals surface area (Å²) in [7, 11) is 1.46. The summed E-state index contributed by atoms with van der Waals surface area (Å²) < 4.78 is 24.1. The number of fused-ring (bicyclic) bond motifs is 1. The molecule has 0 amide bonds. The zero-order valence-corrected chi connectivity index (χ0v) is 13.1. The molecule has 0 fully saturated rings. The fourth-order valence-electron chi connectivity index (χ4n) is 2.32. The first-order chi connectivity index (χ1) is 11.6. The molecule has 0 saturated heterocycles. The largest absolute Gasteiger partial charge is 0.467 e. The summed E-state index contributed by atoms with van der Waals surface area (Å²) in [6.07, 6.45) is 2.91. The maximum atomic E-state index is 13.8. The Morgan fingerprint density at radius 2 is 2.04 bits per heavy atom. The first-order valence-electron chi connectivity index (χ1n) is 7.16. The first kappa shape index (κ1) is 15.8. The average molecular weight is 327 g/mol. The van der Waals surface area contributed by atoms with Crippen LogP contribution < -0.4 is 4.74 Å². The molecule has 0 spiro atoms. The van der Waals surface area contributed by atoms with E-state index >= 15 is 0 Å². The summed E-state index contributed by atoms with van der Waals surface area (Å²) >= 11 is 0. The number of benzene rings is 1. The van der Waals surface area contributed by atoms with Crippen LogP contribution in [-0.2, 0) is 11.3 Å². The Morgan fingerprint density at radius 1 is 1.21 bits per heavy atom. The average Bonchev–Trinajstić information content (AvgIpc) is 2.60. The van der Waals surface area contributed by atoms with Gasteiger partial charge in [0, 0.05) is 28.9 Å². The zero-order chi connectivity index (χ0) is 17.1. The van der Waals surface area contributed by atoms with E-state index in [0.717, 1.165) is 0 Å². The maximum Gasteiger partial charge on any atom is 0.339 e. The van der Waals surface area contributed by atoms with Crippen molar-refractivity contribution in [2.75, 3.05) is 7.11 Å². The quantitative estimate of drug-likeness (QED) is 0.686. The lowest BCUT2D eigenvalue weighted by Gasteiger charge is -2.08. The van der Waals surface area contributed by atoms with Crippen LogP contribution in [0, 0.1) is 12.7 Å². The summed E-state index contributed by atoms with van der Waals surface area (Å²) in [5.74, 6) is -0.997. The van der Waals surface area contributed by atoms with E-state index < -0.39 is 11.8 Å². The van der Waals surface area contributed by atoms with Crippen molar-refractivity contribution in [2.45, 2.75) is 13.5 Å². The Morgan fingerprint density at radius 3 is 2.83 bits per heavy atom. The maximum absolute atomic E-state index is 13.8. The van der Waals surface area contributed by atoms with Crippen molar-refractivity contribution in [1.29, 1.82) is 0 Å². The van der Waals surface area contributed by atoms with Crippen molar-refractivity contribution in [2.24, 2.45) is 0 Å². The van der Waals surface area contributed by atoms with Gasteiger partial charge in [0.25, 0.3) is 0 Å². The highest BCUT2D eigenvalue weighted by Crippen LogP contribution is 2.22. The number of carbonyl (C=O) groups is 1. The van der Waals surface area contributed by atoms with Gasteiger partial charge in [0.05, 0.1) is 18.4 Å². The Balaban J connectivity index is 1.84. The first-order valence-corrected chi connectivity index (χ1v) is 7.16. The third kappa shape index (κ3) is 3.15. The molecule has 0 N–H and O–H groups in total. The van der Waals surface area contributed by atoms with E-state index in [4.69, 9.17) is 9.47 Å². The third-order valence-electron chi connectivity index (χ3n) is 3.41. The van der Waals surface area contributed by atoms with Crippen LogP contribution >= 0.6 is 0 Å². The number of rotatable bonds is 4. The molecule has 3 aromatic rings. The minimum atomic E-state index is -0.580. The van der Waals surface area contributed by atoms with Gasteiger partial charge in [-0.2, -0.15) is 4.98 Å². The van der Waals surface area contributed by atoms with E-state index in [-0.39, 0.29) is 18.2 Å². The molecule has 0 atom stereocenters. The van der Waals surface area contributed by atoms with Crippen LogP contribution in [0.1, 0.15) is 21.7 Å². The molecule has 24 heavy (non-hydrogen) atoms. The number of aromatic nitrogens is 3. The Labute approximate surface area is 137 Å². The van der Waals surface area contributed by atoms with Gasteiger partial charge in [0.2, 0.25) is 0 Å². The lowest BCUT2D eigenvalue weighted by atomic mass is 10.1. The molecule has 0 bridgehead atoms. The molecular weight excluding hydrogens is 313 g/mol. The summed E-state index contributed by atoms with van der Waals surface area (Å²) in [5, 5.41) is 0.720. The molecule has 0 aliphatic rings. The number of halogens is 1. The van der Waals surface area contributed by atoms with Gasteiger partial charge in [0.1, 0.15) is 12.4 Å². The van der Waals surface area contributed by atoms with Gasteiger partial charge in [0.15, 0.2) is 0 Å². The SMILES string of the molecule is COc1nc(C)cc(COC(=O)c2ccc(F)c3ccncc23)n1. The molecule has 3 rings (SSSR count). The van der Waals surface area contributed by atoms with Crippen LogP contribution in [0.2, 0.25) is 0 Å². The van der Waals surface area contributed by atoms with Crippen molar-refractivity contribution in [3.63, 3.8) is 0 Å². The normalized spacial score (nSPS) is 10.6. The molecule has 7 heteroatoms. The second-order valence-corrected chi connectivity index (χ2v) is 5.08. The lowest BCUT2D eigenvalue weighted by molar-refractivity contribution is 0.0469. The van der Waals surface area contributed by atoms with E-state index in [2.05, 4.69) is 15.0 Å². The standard InChI is InChI=1S/C17H14FN3O3/c1-10-7-11(21-17(20-10)23-2)9-24-16(22)13-3-4-15(18)12-5-6-19-8-14(12)13/h3-8H,9H2,1-2H3. The number of aryl methyl sites for hydroxylation is 1. The van der Waals surface area contributed by atoms with Gasteiger partial charge in [-0.1, -0.05) is 0 Å². The molecule has 0 unspecified atom stereocenters. The predicted octanol–water partition coefficient (Wildman–Crippen LogP) is 2.84. The number of pyridine rings is 1. The van der Waals surface area contributed by atoms with Crippen LogP contribution in [0.15, 0.2) is 36.7 Å². The topological polar surface area (TPSA) is 74.2 Å². The van der Waals surface area contributed by atoms with E-state index in [0.29, 0.717) is 22.2 Å². The number of esters is 1. The van der Waals surface area contributed by atoms with Crippen LogP contribution in [-0.4, -0.2) is 28.0 Å². The van der Waals surface area contributed by atoms with E-state index in [9.17, 15) is 9.18 Å². The predicted molar refractivity (Wildman–Crippen MR) is 84.1 cm³/mol. The summed E-state index contributed by atoms with van der Waals surface area (Å²) in [4.78, 5) is 24.4. The Bertz CT molecular complexity index is 915. The fourth-order valence-corrected chi connectivity index (χ4v) is 2.32. The van der Waals surface area contributed by atoms with Gasteiger partial charge >= 0.3 is 12.0 Å². The van der Waals surface area contributed by atoms with Crippen molar-refractivity contribution in [1.82, 2.24) is 15.0 Å². The molecule has 2 aromatic heterocycles. The summed E-state index contributed by atoms with van der Waals surface area (Å²) in [6.45, 7) is 1.74. The summed E-state index contributed by atoms with van der Waals surface area (Å²) in [5.41, 5.74) is 1.46. The molecule has 2 heterocycles. The van der Waals surface area contributed by atoms with Crippen LogP contribution in [0.4, 0.5) is 4.39 Å². The highest BCUT2D eigenvalue weighted by Gasteiger charge is 2.15. The van der Waals surface area contributed by atoms with E-state index in [1.807, 2.05) is 0 Å². The molecule has 6 nitrogen and oxygen atoms in total. The number of carbonyl (C=O) groups excluding carboxylic acids is 1. The second kappa shape index (κ2) is 6.57.